The van der Waals surface area contributed by atoms with E-state index < -0.39 is 0 Å². The van der Waals surface area contributed by atoms with E-state index in [1.807, 2.05) is 48.5 Å². The summed E-state index contributed by atoms with van der Waals surface area (Å²) < 4.78 is 6.17. The van der Waals surface area contributed by atoms with Crippen molar-refractivity contribution in [3.05, 3.63) is 164 Å². The van der Waals surface area contributed by atoms with Crippen LogP contribution in [0.15, 0.2) is 168 Å². The highest BCUT2D eigenvalue weighted by atomic mass is 16.3. The van der Waals surface area contributed by atoms with Crippen LogP contribution >= 0.6 is 0 Å². The molecular formula is C45H27N3O. The van der Waals surface area contributed by atoms with Crippen molar-refractivity contribution in [3.63, 3.8) is 0 Å². The van der Waals surface area contributed by atoms with E-state index in [1.54, 1.807) is 0 Å². The number of aromatic nitrogens is 3. The Morgan fingerprint density at radius 2 is 0.918 bits per heavy atom. The van der Waals surface area contributed by atoms with Gasteiger partial charge in [0.15, 0.2) is 17.5 Å². The highest BCUT2D eigenvalue weighted by Crippen LogP contribution is 2.39. The molecular weight excluding hydrogens is 599 g/mol. The molecule has 8 aromatic carbocycles. The first-order chi connectivity index (χ1) is 24.3. The van der Waals surface area contributed by atoms with Crippen LogP contribution in [0, 0.1) is 0 Å². The first-order valence-electron chi connectivity index (χ1n) is 16.4. The van der Waals surface area contributed by atoms with Gasteiger partial charge >= 0.3 is 0 Å². The van der Waals surface area contributed by atoms with Crippen molar-refractivity contribution in [2.45, 2.75) is 0 Å². The molecule has 2 aromatic heterocycles. The van der Waals surface area contributed by atoms with Crippen molar-refractivity contribution < 1.29 is 4.42 Å². The van der Waals surface area contributed by atoms with Gasteiger partial charge in [0.25, 0.3) is 0 Å². The molecule has 10 aromatic rings. The zero-order valence-corrected chi connectivity index (χ0v) is 26.3. The molecule has 4 heteroatoms. The Bertz CT molecular complexity index is 2870. The predicted molar refractivity (Wildman–Crippen MR) is 201 cm³/mol. The molecule has 228 valence electrons. The summed E-state index contributed by atoms with van der Waals surface area (Å²) in [6.45, 7) is 0. The van der Waals surface area contributed by atoms with E-state index in [1.165, 1.54) is 26.9 Å². The summed E-state index contributed by atoms with van der Waals surface area (Å²) in [5, 5.41) is 9.33. The van der Waals surface area contributed by atoms with Gasteiger partial charge in [-0.1, -0.05) is 146 Å². The van der Waals surface area contributed by atoms with Crippen LogP contribution in [-0.4, -0.2) is 15.0 Å². The van der Waals surface area contributed by atoms with Gasteiger partial charge in [-0.25, -0.2) is 15.0 Å². The summed E-state index contributed by atoms with van der Waals surface area (Å²) in [7, 11) is 0. The fourth-order valence-corrected chi connectivity index (χ4v) is 7.20. The number of rotatable bonds is 4. The lowest BCUT2D eigenvalue weighted by atomic mass is 9.93. The summed E-state index contributed by atoms with van der Waals surface area (Å²) in [6.07, 6.45) is 0. The number of furan rings is 1. The lowest BCUT2D eigenvalue weighted by Crippen LogP contribution is -2.01. The van der Waals surface area contributed by atoms with Crippen molar-refractivity contribution in [2.75, 3.05) is 0 Å². The standard InChI is InChI=1S/C45H27N3O/c1-2-12-30(13-3-1)43-46-44(31-23-21-29(22-24-31)33-18-10-20-41-42(33)37-17-8-9-19-40(37)49-41)48-45(47-43)39-27-38-32-14-5-4-11-28(32)25-26-36(38)34-15-6-7-16-35(34)39/h1-27H. The number of nitrogens with zero attached hydrogens (tertiary/aromatic N) is 3. The second kappa shape index (κ2) is 11.0. The molecule has 0 radical (unpaired) electrons. The Kier molecular flexibility index (Phi) is 6.15. The average molecular weight is 626 g/mol. The highest BCUT2D eigenvalue weighted by molar-refractivity contribution is 6.20. The summed E-state index contributed by atoms with van der Waals surface area (Å²) in [6, 6.07) is 56.9. The van der Waals surface area contributed by atoms with Crippen LogP contribution in [0.2, 0.25) is 0 Å². The molecule has 10 rings (SSSR count). The quantitative estimate of drug-likeness (QED) is 0.183. The number of hydrogen-bond donors (Lipinski definition) is 0. The number of fused-ring (bicyclic) bond motifs is 8. The van der Waals surface area contributed by atoms with E-state index in [9.17, 15) is 0 Å². The van der Waals surface area contributed by atoms with E-state index >= 15 is 0 Å². The number of para-hydroxylation sites is 1. The maximum atomic E-state index is 6.17. The van der Waals surface area contributed by atoms with Crippen molar-refractivity contribution >= 4 is 54.3 Å². The van der Waals surface area contributed by atoms with Gasteiger partial charge < -0.3 is 4.42 Å². The van der Waals surface area contributed by atoms with Gasteiger partial charge in [0.1, 0.15) is 11.2 Å². The number of benzene rings is 8. The Balaban J connectivity index is 1.17. The normalized spacial score (nSPS) is 11.7. The topological polar surface area (TPSA) is 51.8 Å². The molecule has 0 amide bonds. The smallest absolute Gasteiger partial charge is 0.164 e. The summed E-state index contributed by atoms with van der Waals surface area (Å²) in [4.78, 5) is 15.3. The van der Waals surface area contributed by atoms with Gasteiger partial charge in [-0.3, -0.25) is 0 Å². The third-order valence-electron chi connectivity index (χ3n) is 9.53. The van der Waals surface area contributed by atoms with E-state index in [4.69, 9.17) is 19.4 Å². The minimum absolute atomic E-state index is 0.629. The van der Waals surface area contributed by atoms with Crippen LogP contribution in [0.3, 0.4) is 0 Å². The molecule has 0 unspecified atom stereocenters. The van der Waals surface area contributed by atoms with Gasteiger partial charge in [0.05, 0.1) is 0 Å². The van der Waals surface area contributed by atoms with Gasteiger partial charge in [0, 0.05) is 27.5 Å². The van der Waals surface area contributed by atoms with Gasteiger partial charge in [-0.15, -0.1) is 0 Å². The second-order valence-corrected chi connectivity index (χ2v) is 12.4. The molecule has 0 N–H and O–H groups in total. The third kappa shape index (κ3) is 4.49. The minimum Gasteiger partial charge on any atom is -0.456 e. The molecule has 0 aliphatic rings. The van der Waals surface area contributed by atoms with Crippen molar-refractivity contribution in [1.82, 2.24) is 15.0 Å². The molecule has 0 saturated heterocycles. The van der Waals surface area contributed by atoms with Crippen LogP contribution in [0.1, 0.15) is 0 Å². The first kappa shape index (κ1) is 27.5. The molecule has 2 heterocycles. The molecule has 0 aliphatic carbocycles. The largest absolute Gasteiger partial charge is 0.456 e. The van der Waals surface area contributed by atoms with Crippen LogP contribution in [0.4, 0.5) is 0 Å². The summed E-state index contributed by atoms with van der Waals surface area (Å²) >= 11 is 0. The molecule has 0 atom stereocenters. The van der Waals surface area contributed by atoms with Crippen molar-refractivity contribution in [2.24, 2.45) is 0 Å². The van der Waals surface area contributed by atoms with Crippen LogP contribution < -0.4 is 0 Å². The Morgan fingerprint density at radius 1 is 0.327 bits per heavy atom. The van der Waals surface area contributed by atoms with Gasteiger partial charge in [-0.2, -0.15) is 0 Å². The maximum absolute atomic E-state index is 6.17. The average Bonchev–Trinajstić information content (AvgIpc) is 3.57. The monoisotopic (exact) mass is 625 g/mol. The van der Waals surface area contributed by atoms with Gasteiger partial charge in [0.2, 0.25) is 0 Å². The van der Waals surface area contributed by atoms with Crippen LogP contribution in [-0.2, 0) is 0 Å². The van der Waals surface area contributed by atoms with E-state index in [0.29, 0.717) is 17.5 Å². The first-order valence-corrected chi connectivity index (χ1v) is 16.4. The zero-order valence-electron chi connectivity index (χ0n) is 26.3. The Morgan fingerprint density at radius 3 is 1.73 bits per heavy atom. The van der Waals surface area contributed by atoms with Crippen LogP contribution in [0.25, 0.3) is 99.5 Å². The maximum Gasteiger partial charge on any atom is 0.164 e. The molecule has 4 nitrogen and oxygen atoms in total. The zero-order chi connectivity index (χ0) is 32.3. The molecule has 0 saturated carbocycles. The van der Waals surface area contributed by atoms with Crippen molar-refractivity contribution in [1.29, 1.82) is 0 Å². The lowest BCUT2D eigenvalue weighted by Gasteiger charge is -2.14. The van der Waals surface area contributed by atoms with Crippen molar-refractivity contribution in [3.8, 4) is 45.3 Å². The van der Waals surface area contributed by atoms with E-state index in [2.05, 4.69) is 115 Å². The molecule has 49 heavy (non-hydrogen) atoms. The molecule has 0 spiro atoms. The summed E-state index contributed by atoms with van der Waals surface area (Å²) in [5.41, 5.74) is 6.85. The fraction of sp³-hybridized carbons (Fsp3) is 0. The molecule has 0 aliphatic heterocycles. The minimum atomic E-state index is 0.629. The fourth-order valence-electron chi connectivity index (χ4n) is 7.20. The van der Waals surface area contributed by atoms with Crippen LogP contribution in [0.5, 0.6) is 0 Å². The summed E-state index contributed by atoms with van der Waals surface area (Å²) in [5.74, 6) is 1.92. The molecule has 0 fully saturated rings. The third-order valence-corrected chi connectivity index (χ3v) is 9.53. The Hall–Kier alpha value is -6.65. The van der Waals surface area contributed by atoms with Gasteiger partial charge in [-0.05, 0) is 61.6 Å². The lowest BCUT2D eigenvalue weighted by molar-refractivity contribution is 0.669. The van der Waals surface area contributed by atoms with E-state index in [0.717, 1.165) is 55.1 Å². The Labute approximate surface area is 282 Å². The predicted octanol–water partition coefficient (Wildman–Crippen LogP) is 11.9. The SMILES string of the molecule is c1ccc(-c2nc(-c3ccc(-c4cccc5oc6ccccc6c45)cc3)nc(-c3cc4c5ccccc5ccc4c4ccccc34)n2)cc1. The molecule has 0 bridgehead atoms. The number of hydrogen-bond acceptors (Lipinski definition) is 4. The second-order valence-electron chi connectivity index (χ2n) is 12.4. The van der Waals surface area contributed by atoms with E-state index in [-0.39, 0.29) is 0 Å². The highest BCUT2D eigenvalue weighted by Gasteiger charge is 2.18.